The van der Waals surface area contributed by atoms with Crippen molar-refractivity contribution in [2.45, 2.75) is 6.92 Å². The Kier molecular flexibility index (Phi) is 2.13. The summed E-state index contributed by atoms with van der Waals surface area (Å²) in [5.74, 6) is 0. The van der Waals surface area contributed by atoms with Crippen molar-refractivity contribution in [3.63, 3.8) is 0 Å². The number of imidazole rings is 1. The lowest BCUT2D eigenvalue weighted by atomic mass is 10.4. The minimum absolute atomic E-state index is 0.518. The van der Waals surface area contributed by atoms with Crippen LogP contribution >= 0.6 is 11.6 Å². The number of carbonyl (C=O) groups is 1. The summed E-state index contributed by atoms with van der Waals surface area (Å²) in [6.07, 6.45) is 4.22. The van der Waals surface area contributed by atoms with Gasteiger partial charge in [-0.1, -0.05) is 11.6 Å². The summed E-state index contributed by atoms with van der Waals surface area (Å²) in [6.45, 7) is 1.89. The largest absolute Gasteiger partial charge is 0.327 e. The third kappa shape index (κ3) is 1.44. The van der Waals surface area contributed by atoms with E-state index in [4.69, 9.17) is 11.6 Å². The molecule has 72 valence electrons. The molecule has 0 aliphatic rings. The summed E-state index contributed by atoms with van der Waals surface area (Å²) >= 11 is 5.97. The molecule has 4 nitrogen and oxygen atoms in total. The molecule has 2 aromatic rings. The Balaban J connectivity index is 2.64. The van der Waals surface area contributed by atoms with Gasteiger partial charge < -0.3 is 9.72 Å². The molecule has 1 amide bonds. The highest BCUT2D eigenvalue weighted by atomic mass is 35.5. The summed E-state index contributed by atoms with van der Waals surface area (Å²) in [4.78, 5) is 14.5. The van der Waals surface area contributed by atoms with Gasteiger partial charge >= 0.3 is 0 Å². The van der Waals surface area contributed by atoms with E-state index < -0.39 is 0 Å². The number of nitrogens with one attached hydrogen (secondary N) is 1. The number of carbonyl (C=O) groups excluding carboxylic acids is 1. The molecule has 0 saturated heterocycles. The number of aryl methyl sites for hydroxylation is 1. The molecule has 2 heterocycles. The molecule has 2 rings (SSSR count). The van der Waals surface area contributed by atoms with E-state index in [0.29, 0.717) is 22.8 Å². The van der Waals surface area contributed by atoms with Gasteiger partial charge in [-0.25, -0.2) is 4.98 Å². The van der Waals surface area contributed by atoms with Gasteiger partial charge in [0.05, 0.1) is 16.4 Å². The van der Waals surface area contributed by atoms with Crippen LogP contribution in [0.15, 0.2) is 18.5 Å². The van der Waals surface area contributed by atoms with Gasteiger partial charge in [0.1, 0.15) is 0 Å². The van der Waals surface area contributed by atoms with Crippen molar-refractivity contribution in [1.29, 1.82) is 0 Å². The topological polar surface area (TPSA) is 46.4 Å². The number of fused-ring (bicyclic) bond motifs is 1. The van der Waals surface area contributed by atoms with Gasteiger partial charge in [0.2, 0.25) is 6.41 Å². The first-order valence-corrected chi connectivity index (χ1v) is 4.43. The molecule has 2 aromatic heterocycles. The van der Waals surface area contributed by atoms with Crippen LogP contribution in [0.2, 0.25) is 5.02 Å². The van der Waals surface area contributed by atoms with E-state index in [9.17, 15) is 4.79 Å². The quantitative estimate of drug-likeness (QED) is 0.768. The van der Waals surface area contributed by atoms with Crippen LogP contribution in [0.3, 0.4) is 0 Å². The van der Waals surface area contributed by atoms with E-state index >= 15 is 0 Å². The third-order valence-corrected chi connectivity index (χ3v) is 2.13. The Morgan fingerprint density at radius 1 is 1.57 bits per heavy atom. The standard InChI is InChI=1S/C9H8ClN3O/c1-6-3-13-4-7(11-5-14)2-8(10)9(13)12-6/h2-5H,1H3,(H,11,14). The van der Waals surface area contributed by atoms with Crippen molar-refractivity contribution >= 4 is 29.3 Å². The fraction of sp³-hybridized carbons (Fsp3) is 0.111. The lowest BCUT2D eigenvalue weighted by Gasteiger charge is -2.01. The second-order valence-electron chi connectivity index (χ2n) is 2.95. The molecule has 0 spiro atoms. The molecule has 5 heteroatoms. The Bertz CT molecular complexity index is 492. The van der Waals surface area contributed by atoms with E-state index in [1.807, 2.05) is 13.1 Å². The average Bonchev–Trinajstić information content (AvgIpc) is 2.47. The Hall–Kier alpha value is -1.55. The molecule has 0 saturated carbocycles. The maximum Gasteiger partial charge on any atom is 0.211 e. The van der Waals surface area contributed by atoms with Gasteiger partial charge in [-0.05, 0) is 13.0 Å². The van der Waals surface area contributed by atoms with Crippen LogP contribution in [-0.4, -0.2) is 15.8 Å². The number of rotatable bonds is 2. The molecule has 0 aliphatic carbocycles. The predicted octanol–water partition coefficient (Wildman–Crippen LogP) is 1.86. The first-order valence-electron chi connectivity index (χ1n) is 4.06. The van der Waals surface area contributed by atoms with Crippen LogP contribution in [0.4, 0.5) is 5.69 Å². The molecular formula is C9H8ClN3O. The number of amides is 1. The summed E-state index contributed by atoms with van der Waals surface area (Å²) in [7, 11) is 0. The minimum atomic E-state index is 0.518. The number of anilines is 1. The summed E-state index contributed by atoms with van der Waals surface area (Å²) in [5, 5.41) is 3.05. The Labute approximate surface area is 85.5 Å². The first-order chi connectivity index (χ1) is 6.70. The molecule has 0 atom stereocenters. The van der Waals surface area contributed by atoms with Gasteiger partial charge in [0.15, 0.2) is 5.65 Å². The van der Waals surface area contributed by atoms with Gasteiger partial charge in [-0.15, -0.1) is 0 Å². The molecule has 14 heavy (non-hydrogen) atoms. The molecule has 0 bridgehead atoms. The fourth-order valence-electron chi connectivity index (χ4n) is 1.33. The van der Waals surface area contributed by atoms with Crippen molar-refractivity contribution in [1.82, 2.24) is 9.38 Å². The van der Waals surface area contributed by atoms with Crippen molar-refractivity contribution in [2.75, 3.05) is 5.32 Å². The van der Waals surface area contributed by atoms with E-state index in [-0.39, 0.29) is 0 Å². The van der Waals surface area contributed by atoms with E-state index in [1.54, 1.807) is 16.7 Å². The van der Waals surface area contributed by atoms with Gasteiger partial charge in [0, 0.05) is 12.4 Å². The molecule has 0 unspecified atom stereocenters. The number of aromatic nitrogens is 2. The highest BCUT2D eigenvalue weighted by molar-refractivity contribution is 6.33. The van der Waals surface area contributed by atoms with Crippen LogP contribution in [-0.2, 0) is 4.79 Å². The fourth-order valence-corrected chi connectivity index (χ4v) is 1.58. The normalized spacial score (nSPS) is 10.4. The number of halogens is 1. The Morgan fingerprint density at radius 3 is 3.07 bits per heavy atom. The second-order valence-corrected chi connectivity index (χ2v) is 3.36. The Morgan fingerprint density at radius 2 is 2.36 bits per heavy atom. The molecular weight excluding hydrogens is 202 g/mol. The predicted molar refractivity (Wildman–Crippen MR) is 54.6 cm³/mol. The molecule has 0 aromatic carbocycles. The average molecular weight is 210 g/mol. The van der Waals surface area contributed by atoms with Crippen LogP contribution in [0.25, 0.3) is 5.65 Å². The van der Waals surface area contributed by atoms with Crippen LogP contribution in [0.1, 0.15) is 5.69 Å². The van der Waals surface area contributed by atoms with E-state index in [2.05, 4.69) is 10.3 Å². The minimum Gasteiger partial charge on any atom is -0.327 e. The van der Waals surface area contributed by atoms with Crippen LogP contribution in [0, 0.1) is 6.92 Å². The van der Waals surface area contributed by atoms with E-state index in [0.717, 1.165) is 5.69 Å². The summed E-state index contributed by atoms with van der Waals surface area (Å²) < 4.78 is 1.78. The second kappa shape index (κ2) is 3.31. The first kappa shape index (κ1) is 9.02. The number of nitrogens with zero attached hydrogens (tertiary/aromatic N) is 2. The third-order valence-electron chi connectivity index (χ3n) is 1.85. The maximum atomic E-state index is 10.2. The molecule has 0 aliphatic heterocycles. The SMILES string of the molecule is Cc1cn2cc(NC=O)cc(Cl)c2n1. The van der Waals surface area contributed by atoms with Crippen molar-refractivity contribution in [3.05, 3.63) is 29.2 Å². The zero-order valence-corrected chi connectivity index (χ0v) is 8.25. The van der Waals surface area contributed by atoms with E-state index in [1.165, 1.54) is 0 Å². The summed E-state index contributed by atoms with van der Waals surface area (Å²) in [6, 6.07) is 1.66. The zero-order chi connectivity index (χ0) is 10.1. The number of hydrogen-bond acceptors (Lipinski definition) is 2. The highest BCUT2D eigenvalue weighted by Crippen LogP contribution is 2.21. The highest BCUT2D eigenvalue weighted by Gasteiger charge is 2.04. The summed E-state index contributed by atoms with van der Waals surface area (Å²) in [5.41, 5.74) is 2.23. The smallest absolute Gasteiger partial charge is 0.211 e. The lowest BCUT2D eigenvalue weighted by molar-refractivity contribution is -0.105. The van der Waals surface area contributed by atoms with Crippen molar-refractivity contribution in [3.8, 4) is 0 Å². The van der Waals surface area contributed by atoms with Gasteiger partial charge in [0.25, 0.3) is 0 Å². The zero-order valence-electron chi connectivity index (χ0n) is 7.49. The molecule has 0 fully saturated rings. The lowest BCUT2D eigenvalue weighted by Crippen LogP contribution is -1.96. The molecule has 1 N–H and O–H groups in total. The monoisotopic (exact) mass is 209 g/mol. The van der Waals surface area contributed by atoms with Crippen molar-refractivity contribution < 1.29 is 4.79 Å². The molecule has 0 radical (unpaired) electrons. The number of hydrogen-bond donors (Lipinski definition) is 1. The van der Waals surface area contributed by atoms with Crippen LogP contribution in [0.5, 0.6) is 0 Å². The van der Waals surface area contributed by atoms with Gasteiger partial charge in [-0.2, -0.15) is 0 Å². The van der Waals surface area contributed by atoms with Gasteiger partial charge in [-0.3, -0.25) is 4.79 Å². The maximum absolute atomic E-state index is 10.2. The van der Waals surface area contributed by atoms with Crippen LogP contribution < -0.4 is 5.32 Å². The number of pyridine rings is 1. The van der Waals surface area contributed by atoms with Crippen molar-refractivity contribution in [2.24, 2.45) is 0 Å².